The predicted molar refractivity (Wildman–Crippen MR) is 68.9 cm³/mol. The number of pyridine rings is 1. The van der Waals surface area contributed by atoms with Crippen LogP contribution in [0, 0.1) is 0 Å². The lowest BCUT2D eigenvalue weighted by atomic mass is 10.2. The first-order valence-electron chi connectivity index (χ1n) is 5.39. The van der Waals surface area contributed by atoms with Gasteiger partial charge < -0.3 is 0 Å². The van der Waals surface area contributed by atoms with E-state index in [2.05, 4.69) is 24.9 Å². The normalized spacial score (nSPS) is 11.6. The van der Waals surface area contributed by atoms with E-state index in [-0.39, 0.29) is 5.16 Å². The van der Waals surface area contributed by atoms with Gasteiger partial charge in [0.25, 0.3) is 15.2 Å². The molecule has 0 fully saturated rings. The molecule has 0 saturated carbocycles. The summed E-state index contributed by atoms with van der Waals surface area (Å²) in [4.78, 5) is 7.80. The fourth-order valence-electron chi connectivity index (χ4n) is 1.70. The van der Waals surface area contributed by atoms with Crippen molar-refractivity contribution < 1.29 is 8.42 Å². The third kappa shape index (κ3) is 2.13. The summed E-state index contributed by atoms with van der Waals surface area (Å²) in [5, 5.41) is 6.45. The molecule has 2 N–H and O–H groups in total. The molecular formula is C11H9N5O2S. The minimum atomic E-state index is -3.78. The number of H-pyrrole nitrogens is 1. The highest BCUT2D eigenvalue weighted by Crippen LogP contribution is 2.22. The number of anilines is 1. The molecule has 96 valence electrons. The number of nitrogens with zero attached hydrogens (tertiary/aromatic N) is 3. The number of fused-ring (bicyclic) bond motifs is 1. The first kappa shape index (κ1) is 11.6. The molecule has 3 aromatic rings. The molecule has 0 unspecified atom stereocenters. The number of nitrogens with one attached hydrogen (secondary N) is 2. The average molecular weight is 275 g/mol. The van der Waals surface area contributed by atoms with Crippen molar-refractivity contribution >= 4 is 26.6 Å². The third-order valence-corrected chi connectivity index (χ3v) is 3.72. The van der Waals surface area contributed by atoms with Crippen molar-refractivity contribution in [3.63, 3.8) is 0 Å². The lowest BCUT2D eigenvalue weighted by Crippen LogP contribution is -2.15. The topological polar surface area (TPSA) is 101 Å². The first-order valence-corrected chi connectivity index (χ1v) is 6.87. The molecule has 0 aliphatic rings. The van der Waals surface area contributed by atoms with Crippen LogP contribution in [0.4, 0.5) is 5.69 Å². The van der Waals surface area contributed by atoms with Crippen LogP contribution in [0.3, 0.4) is 0 Å². The monoisotopic (exact) mass is 275 g/mol. The van der Waals surface area contributed by atoms with E-state index in [1.807, 2.05) is 12.1 Å². The lowest BCUT2D eigenvalue weighted by molar-refractivity contribution is 0.593. The van der Waals surface area contributed by atoms with Crippen LogP contribution in [-0.2, 0) is 10.0 Å². The van der Waals surface area contributed by atoms with Crippen molar-refractivity contribution in [1.29, 1.82) is 0 Å². The predicted octanol–water partition coefficient (Wildman–Crippen LogP) is 1.15. The van der Waals surface area contributed by atoms with Gasteiger partial charge in [-0.1, -0.05) is 18.2 Å². The molecule has 0 atom stereocenters. The number of hydrogen-bond acceptors (Lipinski definition) is 5. The lowest BCUT2D eigenvalue weighted by Gasteiger charge is -2.07. The van der Waals surface area contributed by atoms with Crippen LogP contribution in [0.1, 0.15) is 0 Å². The molecule has 0 aliphatic carbocycles. The number of rotatable bonds is 3. The van der Waals surface area contributed by atoms with Crippen molar-refractivity contribution in [1.82, 2.24) is 20.2 Å². The second-order valence-corrected chi connectivity index (χ2v) is 5.37. The van der Waals surface area contributed by atoms with Crippen molar-refractivity contribution in [2.75, 3.05) is 4.72 Å². The van der Waals surface area contributed by atoms with E-state index in [9.17, 15) is 8.42 Å². The molecule has 7 nitrogen and oxygen atoms in total. The Kier molecular flexibility index (Phi) is 2.64. The Balaban J connectivity index is 2.07. The van der Waals surface area contributed by atoms with E-state index in [0.717, 1.165) is 11.7 Å². The quantitative estimate of drug-likeness (QED) is 0.746. The zero-order chi connectivity index (χ0) is 13.3. The van der Waals surface area contributed by atoms with E-state index < -0.39 is 10.0 Å². The third-order valence-electron chi connectivity index (χ3n) is 2.52. The molecule has 0 aliphatic heterocycles. The summed E-state index contributed by atoms with van der Waals surface area (Å²) >= 11 is 0. The summed E-state index contributed by atoms with van der Waals surface area (Å²) < 4.78 is 26.5. The highest BCUT2D eigenvalue weighted by atomic mass is 32.2. The van der Waals surface area contributed by atoms with Gasteiger partial charge in [0.05, 0.1) is 11.2 Å². The maximum absolute atomic E-state index is 12.0. The van der Waals surface area contributed by atoms with E-state index in [1.54, 1.807) is 24.4 Å². The highest BCUT2D eigenvalue weighted by molar-refractivity contribution is 7.92. The summed E-state index contributed by atoms with van der Waals surface area (Å²) in [7, 11) is -3.78. The van der Waals surface area contributed by atoms with Gasteiger partial charge in [0.15, 0.2) is 0 Å². The molecule has 0 radical (unpaired) electrons. The number of sulfonamides is 1. The van der Waals surface area contributed by atoms with E-state index in [1.165, 1.54) is 0 Å². The molecule has 1 aromatic carbocycles. The maximum atomic E-state index is 12.0. The van der Waals surface area contributed by atoms with E-state index >= 15 is 0 Å². The molecule has 8 heteroatoms. The van der Waals surface area contributed by atoms with Crippen LogP contribution in [0.25, 0.3) is 10.9 Å². The van der Waals surface area contributed by atoms with Crippen LogP contribution in [0.2, 0.25) is 0 Å². The van der Waals surface area contributed by atoms with Crippen molar-refractivity contribution in [2.45, 2.75) is 5.16 Å². The summed E-state index contributed by atoms with van der Waals surface area (Å²) in [5.74, 6) is 0. The van der Waals surface area contributed by atoms with Gasteiger partial charge in [0, 0.05) is 11.6 Å². The fourth-order valence-corrected chi connectivity index (χ4v) is 2.61. The maximum Gasteiger partial charge on any atom is 0.297 e. The van der Waals surface area contributed by atoms with Gasteiger partial charge in [-0.15, -0.1) is 0 Å². The second-order valence-electron chi connectivity index (χ2n) is 3.78. The standard InChI is InChI=1S/C11H9N5O2S/c17-19(18,11-13-7-14-15-11)16-9-5-1-3-8-4-2-6-12-10(8)9/h1-7,16H,(H,13,14,15). The van der Waals surface area contributed by atoms with Gasteiger partial charge in [-0.05, 0) is 12.1 Å². The smallest absolute Gasteiger partial charge is 0.275 e. The Morgan fingerprint density at radius 3 is 2.74 bits per heavy atom. The Morgan fingerprint density at radius 2 is 1.95 bits per heavy atom. The number of para-hydroxylation sites is 1. The second kappa shape index (κ2) is 4.32. The molecule has 3 rings (SSSR count). The molecule has 0 amide bonds. The Labute approximate surface area is 108 Å². The van der Waals surface area contributed by atoms with Gasteiger partial charge >= 0.3 is 0 Å². The summed E-state index contributed by atoms with van der Waals surface area (Å²) in [5.41, 5.74) is 0.975. The van der Waals surface area contributed by atoms with Gasteiger partial charge in [0.1, 0.15) is 6.33 Å². The Morgan fingerprint density at radius 1 is 1.11 bits per heavy atom. The molecule has 0 spiro atoms. The molecule has 0 bridgehead atoms. The van der Waals surface area contributed by atoms with Gasteiger partial charge in [-0.2, -0.15) is 13.5 Å². The number of hydrogen-bond donors (Lipinski definition) is 2. The zero-order valence-corrected chi connectivity index (χ0v) is 10.4. The van der Waals surface area contributed by atoms with Crippen LogP contribution in [0.15, 0.2) is 48.0 Å². The molecular weight excluding hydrogens is 266 g/mol. The van der Waals surface area contributed by atoms with Crippen molar-refractivity contribution in [2.24, 2.45) is 0 Å². The molecule has 19 heavy (non-hydrogen) atoms. The van der Waals surface area contributed by atoms with Crippen molar-refractivity contribution in [3.8, 4) is 0 Å². The van der Waals surface area contributed by atoms with Crippen LogP contribution < -0.4 is 4.72 Å². The minimum Gasteiger partial charge on any atom is -0.275 e. The molecule has 2 aromatic heterocycles. The highest BCUT2D eigenvalue weighted by Gasteiger charge is 2.18. The Hall–Kier alpha value is -2.48. The molecule has 2 heterocycles. The van der Waals surface area contributed by atoms with Gasteiger partial charge in [-0.3, -0.25) is 9.71 Å². The number of aromatic nitrogens is 4. The van der Waals surface area contributed by atoms with Crippen LogP contribution >= 0.6 is 0 Å². The average Bonchev–Trinajstić information content (AvgIpc) is 2.93. The zero-order valence-electron chi connectivity index (χ0n) is 9.61. The van der Waals surface area contributed by atoms with Gasteiger partial charge in [0.2, 0.25) is 0 Å². The largest absolute Gasteiger partial charge is 0.297 e. The van der Waals surface area contributed by atoms with E-state index in [0.29, 0.717) is 11.2 Å². The Bertz CT molecular complexity index is 809. The minimum absolute atomic E-state index is 0.236. The fraction of sp³-hybridized carbons (Fsp3) is 0. The van der Waals surface area contributed by atoms with Crippen LogP contribution in [0.5, 0.6) is 0 Å². The van der Waals surface area contributed by atoms with Crippen LogP contribution in [-0.4, -0.2) is 28.6 Å². The number of benzene rings is 1. The summed E-state index contributed by atoms with van der Waals surface area (Å²) in [6, 6.07) is 8.89. The summed E-state index contributed by atoms with van der Waals surface area (Å²) in [6.45, 7) is 0. The first-order chi connectivity index (χ1) is 9.17. The number of aromatic amines is 1. The summed E-state index contributed by atoms with van der Waals surface area (Å²) in [6.07, 6.45) is 2.74. The molecule has 0 saturated heterocycles. The SMILES string of the molecule is O=S(=O)(Nc1cccc2cccnc12)c1ncn[nH]1. The van der Waals surface area contributed by atoms with Crippen molar-refractivity contribution in [3.05, 3.63) is 42.9 Å². The van der Waals surface area contributed by atoms with E-state index in [4.69, 9.17) is 0 Å². The van der Waals surface area contributed by atoms with Gasteiger partial charge in [-0.25, -0.2) is 10.1 Å².